The molecule has 0 aliphatic rings. The molecule has 144 valence electrons. The highest BCUT2D eigenvalue weighted by Crippen LogP contribution is 2.19. The van der Waals surface area contributed by atoms with E-state index in [2.05, 4.69) is 88.3 Å². The van der Waals surface area contributed by atoms with Crippen LogP contribution in [0.15, 0.2) is 83.8 Å². The molecule has 27 heavy (non-hydrogen) atoms. The zero-order chi connectivity index (χ0) is 20.8. The summed E-state index contributed by atoms with van der Waals surface area (Å²) in [5.41, 5.74) is 0. The Hall–Kier alpha value is -1.92. The third-order valence-corrected chi connectivity index (χ3v) is 5.73. The molecule has 0 saturated heterocycles. The van der Waals surface area contributed by atoms with Crippen LogP contribution in [0.25, 0.3) is 0 Å². The van der Waals surface area contributed by atoms with Gasteiger partial charge in [-0.3, -0.25) is 0 Å². The number of rotatable bonds is 7. The fraction of sp³-hybridized carbons (Fsp3) is 0.280. The first-order valence-corrected chi connectivity index (χ1v) is 11.9. The van der Waals surface area contributed by atoms with Crippen molar-refractivity contribution in [2.45, 2.75) is 39.0 Å². The first kappa shape index (κ1) is 27.3. The summed E-state index contributed by atoms with van der Waals surface area (Å²) in [5, 5.41) is 0. The van der Waals surface area contributed by atoms with Crippen molar-refractivity contribution in [3.63, 3.8) is 0 Å². The lowest BCUT2D eigenvalue weighted by Gasteiger charge is -1.97. The zero-order valence-electron chi connectivity index (χ0n) is 17.1. The molecule has 3 unspecified atom stereocenters. The quantitative estimate of drug-likeness (QED) is 0.201. The third-order valence-electron chi connectivity index (χ3n) is 2.91. The van der Waals surface area contributed by atoms with Gasteiger partial charge in [-0.25, -0.2) is 0 Å². The van der Waals surface area contributed by atoms with Crippen LogP contribution in [0.1, 0.15) is 34.1 Å². The molecular weight excluding hydrogens is 363 g/mol. The largest absolute Gasteiger partial charge is 0.156 e. The molecule has 0 heterocycles. The van der Waals surface area contributed by atoms with Crippen LogP contribution in [0.3, 0.4) is 0 Å². The number of hydrogen-bond acceptors (Lipinski definition) is 0. The number of benzene rings is 1. The molecule has 0 aromatic heterocycles. The molecule has 0 bridgehead atoms. The Labute approximate surface area is 173 Å². The third kappa shape index (κ3) is 20.2. The highest BCUT2D eigenvalue weighted by molar-refractivity contribution is 8.41. The summed E-state index contributed by atoms with van der Waals surface area (Å²) in [7, 11) is 3.18. The van der Waals surface area contributed by atoms with Gasteiger partial charge in [-0.15, -0.1) is 18.8 Å². The van der Waals surface area contributed by atoms with E-state index < -0.39 is 0 Å². The van der Waals surface area contributed by atoms with Crippen molar-refractivity contribution >= 4 is 19.0 Å². The molecule has 0 aliphatic heterocycles. The van der Waals surface area contributed by atoms with Gasteiger partial charge in [0, 0.05) is 16.4 Å². The lowest BCUT2D eigenvalue weighted by molar-refractivity contribution is 0.982. The number of hydrogen-bond donors (Lipinski definition) is 0. The van der Waals surface area contributed by atoms with Gasteiger partial charge in [-0.05, 0) is 45.4 Å². The summed E-state index contributed by atoms with van der Waals surface area (Å²) in [4.78, 5) is 1.41. The summed E-state index contributed by atoms with van der Waals surface area (Å²) in [6.07, 6.45) is 27.4. The minimum Gasteiger partial charge on any atom is -0.120 e. The Balaban J connectivity index is 0. The minimum absolute atomic E-state index is 0.251. The molecule has 2 heteroatoms. The average molecular weight is 398 g/mol. The Morgan fingerprint density at radius 1 is 1.07 bits per heavy atom. The van der Waals surface area contributed by atoms with Crippen LogP contribution in [0, 0.1) is 30.6 Å². The fourth-order valence-corrected chi connectivity index (χ4v) is 3.36. The summed E-state index contributed by atoms with van der Waals surface area (Å²) in [5.74, 6) is 6.20. The van der Waals surface area contributed by atoms with Crippen LogP contribution in [-0.2, 0) is 10.5 Å². The molecule has 0 radical (unpaired) electrons. The van der Waals surface area contributed by atoms with Crippen molar-refractivity contribution < 1.29 is 0 Å². The molecule has 0 nitrogen and oxygen atoms in total. The van der Waals surface area contributed by atoms with Crippen LogP contribution in [0.4, 0.5) is 0 Å². The van der Waals surface area contributed by atoms with Gasteiger partial charge in [0.05, 0.1) is 0 Å². The van der Waals surface area contributed by atoms with E-state index >= 15 is 0 Å². The topological polar surface area (TPSA) is 0 Å². The van der Waals surface area contributed by atoms with Gasteiger partial charge in [0.2, 0.25) is 0 Å². The van der Waals surface area contributed by atoms with Crippen molar-refractivity contribution in [1.82, 2.24) is 0 Å². The normalized spacial score (nSPS) is 12.7. The highest BCUT2D eigenvalue weighted by Gasteiger charge is 2.11. The molecule has 0 spiro atoms. The van der Waals surface area contributed by atoms with Gasteiger partial charge < -0.3 is 0 Å². The van der Waals surface area contributed by atoms with Crippen molar-refractivity contribution in [2.75, 3.05) is 5.75 Å². The van der Waals surface area contributed by atoms with Gasteiger partial charge in [-0.2, -0.15) is 0 Å². The summed E-state index contributed by atoms with van der Waals surface area (Å²) >= 11 is 0. The smallest absolute Gasteiger partial charge is 0.120 e. The molecule has 1 rings (SSSR count). The van der Waals surface area contributed by atoms with E-state index in [1.54, 1.807) is 6.92 Å². The lowest BCUT2D eigenvalue weighted by atomic mass is 10.2. The molecule has 0 fully saturated rings. The van der Waals surface area contributed by atoms with Crippen molar-refractivity contribution in [1.29, 1.82) is 0 Å². The maximum absolute atomic E-state index is 5.13. The number of allylic oxidation sites excluding steroid dienone is 7. The van der Waals surface area contributed by atoms with Crippen LogP contribution in [-0.4, -0.2) is 5.75 Å². The van der Waals surface area contributed by atoms with Crippen LogP contribution >= 0.6 is 8.44 Å². The van der Waals surface area contributed by atoms with Gasteiger partial charge in [-0.1, -0.05) is 73.6 Å². The predicted molar refractivity (Wildman–Crippen MR) is 132 cm³/mol. The second kappa shape index (κ2) is 22.1. The molecule has 0 aliphatic carbocycles. The second-order valence-corrected chi connectivity index (χ2v) is 8.70. The van der Waals surface area contributed by atoms with E-state index in [1.165, 1.54) is 4.90 Å². The molecule has 0 N–H and O–H groups in total. The van der Waals surface area contributed by atoms with Crippen molar-refractivity contribution in [3.05, 3.63) is 78.9 Å². The van der Waals surface area contributed by atoms with Crippen LogP contribution in [0.5, 0.6) is 0 Å². The predicted octanol–water partition coefficient (Wildman–Crippen LogP) is 7.00. The Morgan fingerprint density at radius 2 is 1.67 bits per heavy atom. The Kier molecular flexibility index (Phi) is 22.4. The summed E-state index contributed by atoms with van der Waals surface area (Å²) in [6, 6.07) is 10.6. The monoisotopic (exact) mass is 397 g/mol. The molecule has 0 amide bonds. The van der Waals surface area contributed by atoms with Crippen molar-refractivity contribution in [3.8, 4) is 24.7 Å². The van der Waals surface area contributed by atoms with E-state index in [-0.39, 0.29) is 16.4 Å². The van der Waals surface area contributed by atoms with E-state index in [0.717, 1.165) is 12.2 Å². The molecule has 1 aromatic carbocycles. The van der Waals surface area contributed by atoms with Gasteiger partial charge in [0.1, 0.15) is 14.2 Å². The fourth-order valence-electron chi connectivity index (χ4n) is 1.54. The second-order valence-electron chi connectivity index (χ2n) is 5.33. The Morgan fingerprint density at radius 3 is 2.19 bits per heavy atom. The van der Waals surface area contributed by atoms with Gasteiger partial charge in [0.25, 0.3) is 0 Å². The standard InChI is InChI=1S/C13H18PS.C9H12.C3H4/c1-2-3-4-5-9-12-15(14)13-10-7-6-8-11-13;1-4-6-7-8-9(3)5-2;1-3-2/h3-11H,2,12,14H2,1H3;2,4,6-9H,1,3H3;1H,2H3/q+1;;/b4-3-,9-5-;6-4-,8-7-;. The molecule has 1 aromatic rings. The molecular formula is C25H34PS+. The molecule has 3 atom stereocenters. The zero-order valence-corrected chi connectivity index (χ0v) is 19.1. The van der Waals surface area contributed by atoms with Gasteiger partial charge >= 0.3 is 0 Å². The van der Waals surface area contributed by atoms with E-state index in [1.807, 2.05) is 38.2 Å². The lowest BCUT2D eigenvalue weighted by Crippen LogP contribution is -1.95. The average Bonchev–Trinajstić information content (AvgIpc) is 2.69. The van der Waals surface area contributed by atoms with Gasteiger partial charge in [0.15, 0.2) is 4.90 Å². The van der Waals surface area contributed by atoms with E-state index in [9.17, 15) is 0 Å². The van der Waals surface area contributed by atoms with Crippen molar-refractivity contribution in [2.24, 2.45) is 5.92 Å². The van der Waals surface area contributed by atoms with E-state index in [4.69, 9.17) is 6.42 Å². The molecule has 0 saturated carbocycles. The van der Waals surface area contributed by atoms with Crippen LogP contribution in [0.2, 0.25) is 0 Å². The minimum atomic E-state index is 0.251. The SMILES string of the molecule is C#CC.C#CC(C)/C=C\C=C/C.CC/C=C\C=C/C[S+](P)c1ccccc1. The van der Waals surface area contributed by atoms with E-state index in [0.29, 0.717) is 0 Å². The first-order chi connectivity index (χ1) is 13.1. The maximum atomic E-state index is 5.13. The first-order valence-electron chi connectivity index (χ1n) is 9.02. The van der Waals surface area contributed by atoms with Crippen LogP contribution < -0.4 is 0 Å². The maximum Gasteiger partial charge on any atom is 0.156 e. The Bertz CT molecular complexity index is 639. The highest BCUT2D eigenvalue weighted by atomic mass is 32.7. The number of terminal acetylenes is 2. The summed E-state index contributed by atoms with van der Waals surface area (Å²) < 4.78 is 0. The summed E-state index contributed by atoms with van der Waals surface area (Å²) in [6.45, 7) is 7.76.